The molecule has 2 N–H and O–H groups in total. The minimum absolute atomic E-state index is 0.143. The highest BCUT2D eigenvalue weighted by Gasteiger charge is 2.41. The topological polar surface area (TPSA) is 52.5 Å². The van der Waals surface area contributed by atoms with Gasteiger partial charge in [-0.05, 0) is 43.1 Å². The first-order chi connectivity index (χ1) is 11.1. The minimum atomic E-state index is -0.630. The Morgan fingerprint density at radius 1 is 1.09 bits per heavy atom. The van der Waals surface area contributed by atoms with Gasteiger partial charge in [-0.3, -0.25) is 0 Å². The van der Waals surface area contributed by atoms with E-state index in [9.17, 15) is 8.78 Å². The molecule has 3 nitrogen and oxygen atoms in total. The molecule has 1 unspecified atom stereocenters. The summed E-state index contributed by atoms with van der Waals surface area (Å²) >= 11 is 1.35. The summed E-state index contributed by atoms with van der Waals surface area (Å²) in [6, 6.07) is 13.1. The maximum Gasteiger partial charge on any atom is 0.158 e. The maximum atomic E-state index is 14.0. The molecule has 0 saturated carbocycles. The Morgan fingerprint density at radius 2 is 1.87 bits per heavy atom. The van der Waals surface area contributed by atoms with Gasteiger partial charge in [-0.1, -0.05) is 42.1 Å². The molecule has 1 aliphatic rings. The molecule has 2 aromatic carbocycles. The monoisotopic (exact) mass is 332 g/mol. The van der Waals surface area contributed by atoms with Crippen LogP contribution >= 0.6 is 11.8 Å². The van der Waals surface area contributed by atoms with Crippen LogP contribution < -0.4 is 11.2 Å². The second-order valence-electron chi connectivity index (χ2n) is 5.27. The molecule has 1 heterocycles. The highest BCUT2D eigenvalue weighted by atomic mass is 32.2. The normalized spacial score (nSPS) is 20.2. The molecule has 0 spiro atoms. The SMILES string of the molecule is NCCCC1(c2ccccc2)[N]N=C(c2cc(F)ccc2F)S1. The summed E-state index contributed by atoms with van der Waals surface area (Å²) in [6.07, 6.45) is 1.45. The van der Waals surface area contributed by atoms with Gasteiger partial charge >= 0.3 is 0 Å². The van der Waals surface area contributed by atoms with Gasteiger partial charge in [0.15, 0.2) is 4.87 Å². The lowest BCUT2D eigenvalue weighted by molar-refractivity contribution is 0.455. The van der Waals surface area contributed by atoms with Gasteiger partial charge in [0, 0.05) is 5.56 Å². The molecule has 0 fully saturated rings. The third-order valence-corrected chi connectivity index (χ3v) is 5.03. The summed E-state index contributed by atoms with van der Waals surface area (Å²) in [5.41, 5.74) is 11.2. The molecular formula is C17H16F2N3S. The first kappa shape index (κ1) is 16.0. The van der Waals surface area contributed by atoms with E-state index in [1.807, 2.05) is 30.3 Å². The van der Waals surface area contributed by atoms with Gasteiger partial charge in [-0.25, -0.2) is 8.78 Å². The molecule has 1 atom stereocenters. The van der Waals surface area contributed by atoms with E-state index in [4.69, 9.17) is 5.73 Å². The lowest BCUT2D eigenvalue weighted by Crippen LogP contribution is -2.28. The van der Waals surface area contributed by atoms with Crippen LogP contribution in [0.2, 0.25) is 0 Å². The van der Waals surface area contributed by atoms with Crippen molar-refractivity contribution in [2.24, 2.45) is 10.8 Å². The van der Waals surface area contributed by atoms with Crippen LogP contribution in [0.25, 0.3) is 0 Å². The van der Waals surface area contributed by atoms with Gasteiger partial charge in [-0.15, -0.1) is 5.10 Å². The fraction of sp³-hybridized carbons (Fsp3) is 0.235. The Bertz CT molecular complexity index is 721. The predicted octanol–water partition coefficient (Wildman–Crippen LogP) is 3.57. The van der Waals surface area contributed by atoms with Crippen molar-refractivity contribution in [3.05, 3.63) is 71.3 Å². The van der Waals surface area contributed by atoms with Gasteiger partial charge in [0.1, 0.15) is 16.7 Å². The second-order valence-corrected chi connectivity index (χ2v) is 6.54. The van der Waals surface area contributed by atoms with Crippen LogP contribution in [0.4, 0.5) is 8.78 Å². The molecule has 3 rings (SSSR count). The van der Waals surface area contributed by atoms with E-state index in [0.29, 0.717) is 18.0 Å². The van der Waals surface area contributed by atoms with E-state index in [2.05, 4.69) is 10.5 Å². The number of thioether (sulfide) groups is 1. The number of nitrogens with zero attached hydrogens (tertiary/aromatic N) is 2. The summed E-state index contributed by atoms with van der Waals surface area (Å²) < 4.78 is 27.4. The molecule has 23 heavy (non-hydrogen) atoms. The molecule has 0 aromatic heterocycles. The predicted molar refractivity (Wildman–Crippen MR) is 89.0 cm³/mol. The van der Waals surface area contributed by atoms with Crippen molar-refractivity contribution in [2.45, 2.75) is 17.7 Å². The lowest BCUT2D eigenvalue weighted by Gasteiger charge is -2.26. The van der Waals surface area contributed by atoms with Gasteiger partial charge in [0.05, 0.1) is 0 Å². The van der Waals surface area contributed by atoms with Gasteiger partial charge < -0.3 is 5.73 Å². The Balaban J connectivity index is 1.92. The molecular weight excluding hydrogens is 316 g/mol. The molecule has 1 aliphatic heterocycles. The van der Waals surface area contributed by atoms with Gasteiger partial charge in [0.2, 0.25) is 0 Å². The van der Waals surface area contributed by atoms with Crippen LogP contribution in [0.15, 0.2) is 53.6 Å². The zero-order valence-electron chi connectivity index (χ0n) is 12.4. The van der Waals surface area contributed by atoms with Crippen molar-refractivity contribution >= 4 is 16.8 Å². The largest absolute Gasteiger partial charge is 0.330 e. The van der Waals surface area contributed by atoms with Crippen LogP contribution in [-0.4, -0.2) is 11.6 Å². The number of nitrogens with two attached hydrogens (primary N) is 1. The van der Waals surface area contributed by atoms with E-state index in [1.54, 1.807) is 0 Å². The van der Waals surface area contributed by atoms with Crippen LogP contribution in [0.1, 0.15) is 24.0 Å². The molecule has 1 radical (unpaired) electrons. The minimum Gasteiger partial charge on any atom is -0.330 e. The van der Waals surface area contributed by atoms with E-state index in [-0.39, 0.29) is 5.56 Å². The Hall–Kier alpha value is -1.92. The summed E-state index contributed by atoms with van der Waals surface area (Å²) in [5.74, 6) is -1.00. The third-order valence-electron chi connectivity index (χ3n) is 3.67. The third kappa shape index (κ3) is 3.23. The summed E-state index contributed by atoms with van der Waals surface area (Å²) in [5, 5.41) is 4.54. The number of benzene rings is 2. The molecule has 0 saturated heterocycles. The van der Waals surface area contributed by atoms with Gasteiger partial charge in [0.25, 0.3) is 0 Å². The first-order valence-electron chi connectivity index (χ1n) is 7.34. The molecule has 0 amide bonds. The van der Waals surface area contributed by atoms with E-state index < -0.39 is 16.5 Å². The highest BCUT2D eigenvalue weighted by molar-refractivity contribution is 8.15. The zero-order valence-corrected chi connectivity index (χ0v) is 13.2. The smallest absolute Gasteiger partial charge is 0.158 e. The van der Waals surface area contributed by atoms with Crippen molar-refractivity contribution in [2.75, 3.05) is 6.54 Å². The number of hydrogen-bond donors (Lipinski definition) is 1. The molecule has 0 bridgehead atoms. The average Bonchev–Trinajstić information content (AvgIpc) is 3.01. The standard InChI is InChI=1S/C17H16F2N3S/c18-13-7-8-15(19)14(11-13)16-21-22-17(23-16,9-4-10-20)12-5-2-1-3-6-12/h1-3,5-8,11H,4,9-10,20H2. The van der Waals surface area contributed by atoms with Crippen LogP contribution in [0.5, 0.6) is 0 Å². The van der Waals surface area contributed by atoms with Gasteiger partial charge in [-0.2, -0.15) is 5.43 Å². The first-order valence-corrected chi connectivity index (χ1v) is 8.16. The average molecular weight is 332 g/mol. The Kier molecular flexibility index (Phi) is 4.63. The van der Waals surface area contributed by atoms with Crippen molar-refractivity contribution in [1.82, 2.24) is 5.43 Å². The van der Waals surface area contributed by atoms with Crippen molar-refractivity contribution in [1.29, 1.82) is 0 Å². The van der Waals surface area contributed by atoms with Crippen LogP contribution in [-0.2, 0) is 4.87 Å². The summed E-state index contributed by atoms with van der Waals surface area (Å²) in [4.78, 5) is -0.630. The quantitative estimate of drug-likeness (QED) is 0.910. The van der Waals surface area contributed by atoms with E-state index in [1.165, 1.54) is 11.8 Å². The van der Waals surface area contributed by atoms with Crippen molar-refractivity contribution in [3.63, 3.8) is 0 Å². The maximum absolute atomic E-state index is 14.0. The number of rotatable bonds is 5. The van der Waals surface area contributed by atoms with Crippen LogP contribution in [0, 0.1) is 11.6 Å². The fourth-order valence-electron chi connectivity index (χ4n) is 2.50. The number of halogens is 2. The highest BCUT2D eigenvalue weighted by Crippen LogP contribution is 2.45. The van der Waals surface area contributed by atoms with Crippen molar-refractivity contribution < 1.29 is 8.78 Å². The molecule has 6 heteroatoms. The molecule has 2 aromatic rings. The second kappa shape index (κ2) is 6.68. The zero-order chi connectivity index (χ0) is 16.3. The van der Waals surface area contributed by atoms with E-state index in [0.717, 1.165) is 30.2 Å². The molecule has 119 valence electrons. The van der Waals surface area contributed by atoms with Crippen LogP contribution in [0.3, 0.4) is 0 Å². The van der Waals surface area contributed by atoms with Crippen molar-refractivity contribution in [3.8, 4) is 0 Å². The number of hydrogen-bond acceptors (Lipinski definition) is 3. The molecule has 0 aliphatic carbocycles. The fourth-order valence-corrected chi connectivity index (χ4v) is 3.75. The lowest BCUT2D eigenvalue weighted by atomic mass is 10.0. The summed E-state index contributed by atoms with van der Waals surface area (Å²) in [7, 11) is 0. The summed E-state index contributed by atoms with van der Waals surface area (Å²) in [6.45, 7) is 0.536. The Labute approximate surface area is 138 Å². The Morgan fingerprint density at radius 3 is 2.61 bits per heavy atom. The van der Waals surface area contributed by atoms with E-state index >= 15 is 0 Å².